The molecular formula is C24H30ClFN6O4S. The number of hydrogen-bond acceptors (Lipinski definition) is 7. The van der Waals surface area contributed by atoms with Crippen molar-refractivity contribution in [1.29, 1.82) is 0 Å². The van der Waals surface area contributed by atoms with Crippen molar-refractivity contribution in [1.82, 2.24) is 25.3 Å². The summed E-state index contributed by atoms with van der Waals surface area (Å²) in [5, 5.41) is 2.69. The van der Waals surface area contributed by atoms with E-state index in [4.69, 9.17) is 16.6 Å². The molecule has 3 aromatic rings. The second-order valence-electron chi connectivity index (χ2n) is 9.68. The quantitative estimate of drug-likeness (QED) is 0.369. The average Bonchev–Trinajstić information content (AvgIpc) is 3.25. The topological polar surface area (TPSA) is 139 Å². The van der Waals surface area contributed by atoms with Gasteiger partial charge in [0.15, 0.2) is 0 Å². The Labute approximate surface area is 220 Å². The largest absolute Gasteiger partial charge is 0.453 e. The average molecular weight is 553 g/mol. The zero-order valence-corrected chi connectivity index (χ0v) is 23.0. The number of halogens is 2. The monoisotopic (exact) mass is 552 g/mol. The third kappa shape index (κ3) is 7.39. The molecule has 0 spiro atoms. The van der Waals surface area contributed by atoms with E-state index < -0.39 is 27.3 Å². The van der Waals surface area contributed by atoms with Gasteiger partial charge in [-0.15, -0.1) is 0 Å². The number of carbonyl (C=O) groups excluding carboxylic acids is 1. The molecule has 0 radical (unpaired) electrons. The van der Waals surface area contributed by atoms with Crippen molar-refractivity contribution in [3.05, 3.63) is 46.9 Å². The fourth-order valence-corrected chi connectivity index (χ4v) is 4.34. The molecule has 10 nitrogen and oxygen atoms in total. The Kier molecular flexibility index (Phi) is 8.43. The van der Waals surface area contributed by atoms with Crippen LogP contribution in [0.3, 0.4) is 0 Å². The van der Waals surface area contributed by atoms with Gasteiger partial charge in [-0.05, 0) is 31.5 Å². The molecule has 200 valence electrons. The maximum atomic E-state index is 14.6. The van der Waals surface area contributed by atoms with Gasteiger partial charge in [0.25, 0.3) is 0 Å². The molecule has 0 aliphatic rings. The maximum Gasteiger partial charge on any atom is 0.407 e. The molecule has 3 rings (SSSR count). The fraction of sp³-hybridized carbons (Fsp3) is 0.417. The molecule has 0 aliphatic carbocycles. The minimum atomic E-state index is -3.71. The van der Waals surface area contributed by atoms with Crippen LogP contribution in [0.1, 0.15) is 45.8 Å². The number of rotatable bonds is 8. The summed E-state index contributed by atoms with van der Waals surface area (Å²) in [5.41, 5.74) is 0.996. The first kappa shape index (κ1) is 28.3. The van der Waals surface area contributed by atoms with Crippen LogP contribution in [0.15, 0.2) is 24.4 Å². The molecule has 1 atom stereocenters. The summed E-state index contributed by atoms with van der Waals surface area (Å²) < 4.78 is 45.1. The molecular weight excluding hydrogens is 523 g/mol. The van der Waals surface area contributed by atoms with E-state index in [1.54, 1.807) is 12.3 Å². The zero-order valence-electron chi connectivity index (χ0n) is 21.4. The Hall–Kier alpha value is -3.25. The highest BCUT2D eigenvalue weighted by molar-refractivity contribution is 7.92. The first-order valence-corrected chi connectivity index (χ1v) is 13.7. The number of imidazole rings is 1. The number of carbonyl (C=O) groups is 1. The Morgan fingerprint density at radius 2 is 1.97 bits per heavy atom. The van der Waals surface area contributed by atoms with Crippen LogP contribution in [-0.4, -0.2) is 53.9 Å². The number of ether oxygens (including phenoxy) is 1. The summed E-state index contributed by atoms with van der Waals surface area (Å²) in [6.45, 7) is 7.73. The van der Waals surface area contributed by atoms with Crippen LogP contribution in [0.2, 0.25) is 5.02 Å². The van der Waals surface area contributed by atoms with Crippen LogP contribution in [-0.2, 0) is 26.6 Å². The van der Waals surface area contributed by atoms with Crippen molar-refractivity contribution in [2.24, 2.45) is 0 Å². The van der Waals surface area contributed by atoms with E-state index in [1.165, 1.54) is 13.2 Å². The summed E-state index contributed by atoms with van der Waals surface area (Å²) >= 11 is 6.55. The van der Waals surface area contributed by atoms with Crippen molar-refractivity contribution in [2.45, 2.75) is 52.0 Å². The van der Waals surface area contributed by atoms with Crippen LogP contribution in [0, 0.1) is 5.82 Å². The van der Waals surface area contributed by atoms with Gasteiger partial charge in [0.1, 0.15) is 17.5 Å². The highest BCUT2D eigenvalue weighted by atomic mass is 35.5. The molecule has 1 aromatic carbocycles. The van der Waals surface area contributed by atoms with Gasteiger partial charge in [-0.2, -0.15) is 0 Å². The lowest BCUT2D eigenvalue weighted by molar-refractivity contribution is 0.167. The summed E-state index contributed by atoms with van der Waals surface area (Å²) in [4.78, 5) is 28.4. The number of methoxy groups -OCH3 is 1. The second-order valence-corrected chi connectivity index (χ2v) is 11.8. The minimum Gasteiger partial charge on any atom is -0.453 e. The van der Waals surface area contributed by atoms with Crippen LogP contribution >= 0.6 is 11.6 Å². The number of benzene rings is 1. The Morgan fingerprint density at radius 3 is 2.59 bits per heavy atom. The number of H-pyrrole nitrogens is 1. The number of aromatic amines is 1. The normalized spacial score (nSPS) is 12.8. The highest BCUT2D eigenvalue weighted by Crippen LogP contribution is 2.40. The first-order valence-electron chi connectivity index (χ1n) is 11.4. The number of amides is 1. The van der Waals surface area contributed by atoms with E-state index in [9.17, 15) is 17.6 Å². The van der Waals surface area contributed by atoms with Gasteiger partial charge >= 0.3 is 6.09 Å². The maximum absolute atomic E-state index is 14.6. The molecule has 13 heteroatoms. The number of nitrogens with zero attached hydrogens (tertiary/aromatic N) is 3. The molecule has 0 unspecified atom stereocenters. The zero-order chi connectivity index (χ0) is 27.5. The molecule has 37 heavy (non-hydrogen) atoms. The standard InChI is InChI=1S/C24H30ClFN6O4S/c1-13(28-23(33)36-5)7-8-18-27-10-9-16(29-18)21-20(30-22(31-21)24(2,3)4)15-11-14(26)12-17(19(15)25)32-37(6,34)35/h9-13,32H,7-8H2,1-6H3,(H,28,33)(H,30,31)/t13-/m0/s1. The van der Waals surface area contributed by atoms with Gasteiger partial charge in [0, 0.05) is 29.6 Å². The number of hydrogen-bond donors (Lipinski definition) is 3. The van der Waals surface area contributed by atoms with Crippen molar-refractivity contribution in [3.63, 3.8) is 0 Å². The molecule has 0 fully saturated rings. The predicted molar refractivity (Wildman–Crippen MR) is 141 cm³/mol. The molecule has 3 N–H and O–H groups in total. The second kappa shape index (κ2) is 11.0. The van der Waals surface area contributed by atoms with Crippen molar-refractivity contribution < 1.29 is 22.3 Å². The van der Waals surface area contributed by atoms with Gasteiger partial charge in [0.05, 0.1) is 41.2 Å². The lowest BCUT2D eigenvalue weighted by Crippen LogP contribution is -2.32. The SMILES string of the molecule is COC(=O)N[C@@H](C)CCc1nccc(-c2[nH]c(C(C)(C)C)nc2-c2cc(F)cc(NS(C)(=O)=O)c2Cl)n1. The van der Waals surface area contributed by atoms with E-state index in [1.807, 2.05) is 27.7 Å². The summed E-state index contributed by atoms with van der Waals surface area (Å²) in [6, 6.07) is 3.73. The molecule has 0 aliphatic heterocycles. The van der Waals surface area contributed by atoms with Gasteiger partial charge in [0.2, 0.25) is 10.0 Å². The predicted octanol–water partition coefficient (Wildman–Crippen LogP) is 4.67. The van der Waals surface area contributed by atoms with Crippen LogP contribution in [0.5, 0.6) is 0 Å². The van der Waals surface area contributed by atoms with E-state index in [0.717, 1.165) is 12.3 Å². The fourth-order valence-electron chi connectivity index (χ4n) is 3.48. The molecule has 1 amide bonds. The van der Waals surface area contributed by atoms with Gasteiger partial charge in [-0.1, -0.05) is 32.4 Å². The van der Waals surface area contributed by atoms with Gasteiger partial charge in [-0.3, -0.25) is 4.72 Å². The lowest BCUT2D eigenvalue weighted by atomic mass is 9.96. The van der Waals surface area contributed by atoms with Gasteiger partial charge in [-0.25, -0.2) is 32.6 Å². The summed E-state index contributed by atoms with van der Waals surface area (Å²) in [7, 11) is -2.41. The molecule has 2 aromatic heterocycles. The number of nitrogens with one attached hydrogen (secondary N) is 3. The molecule has 0 saturated carbocycles. The van der Waals surface area contributed by atoms with Crippen molar-refractivity contribution in [3.8, 4) is 22.6 Å². The van der Waals surface area contributed by atoms with E-state index in [-0.39, 0.29) is 22.3 Å². The Bertz CT molecular complexity index is 1400. The highest BCUT2D eigenvalue weighted by Gasteiger charge is 2.26. The first-order chi connectivity index (χ1) is 17.2. The van der Waals surface area contributed by atoms with E-state index in [2.05, 4.69) is 29.7 Å². The Balaban J connectivity index is 2.07. The third-order valence-electron chi connectivity index (χ3n) is 5.31. The number of alkyl carbamates (subject to hydrolysis) is 1. The number of sulfonamides is 1. The molecule has 0 saturated heterocycles. The number of anilines is 1. The lowest BCUT2D eigenvalue weighted by Gasteiger charge is -2.14. The van der Waals surface area contributed by atoms with E-state index in [0.29, 0.717) is 41.6 Å². The van der Waals surface area contributed by atoms with Crippen LogP contribution in [0.25, 0.3) is 22.6 Å². The van der Waals surface area contributed by atoms with Crippen molar-refractivity contribution in [2.75, 3.05) is 18.1 Å². The van der Waals surface area contributed by atoms with E-state index >= 15 is 0 Å². The number of aromatic nitrogens is 4. The minimum absolute atomic E-state index is 0.00276. The molecule has 2 heterocycles. The van der Waals surface area contributed by atoms with Gasteiger partial charge < -0.3 is 15.0 Å². The van der Waals surface area contributed by atoms with Crippen LogP contribution < -0.4 is 10.0 Å². The summed E-state index contributed by atoms with van der Waals surface area (Å²) in [6.07, 6.45) is 3.07. The third-order valence-corrected chi connectivity index (χ3v) is 6.31. The van der Waals surface area contributed by atoms with Crippen LogP contribution in [0.4, 0.5) is 14.9 Å². The van der Waals surface area contributed by atoms with Crippen molar-refractivity contribution >= 4 is 33.4 Å². The molecule has 0 bridgehead atoms. The number of aryl methyl sites for hydroxylation is 1. The summed E-state index contributed by atoms with van der Waals surface area (Å²) in [5.74, 6) is 0.442. The smallest absolute Gasteiger partial charge is 0.407 e. The Morgan fingerprint density at radius 1 is 1.27 bits per heavy atom.